The zero-order chi connectivity index (χ0) is 30.7. The van der Waals surface area contributed by atoms with Gasteiger partial charge >= 0.3 is 129 Å². The molecule has 283 valence electrons. The molecule has 8 unspecified atom stereocenters. The van der Waals surface area contributed by atoms with Crippen molar-refractivity contribution in [2.24, 2.45) is 47.3 Å². The van der Waals surface area contributed by atoms with Crippen molar-refractivity contribution in [1.29, 1.82) is 0 Å². The van der Waals surface area contributed by atoms with Crippen LogP contribution in [0.2, 0.25) is 0 Å². The summed E-state index contributed by atoms with van der Waals surface area (Å²) in [6, 6.07) is 0. The Kier molecular flexibility index (Phi) is 23.6. The summed E-state index contributed by atoms with van der Waals surface area (Å²) in [6.07, 6.45) is 25.6. The Morgan fingerprint density at radius 1 is 0.353 bits per heavy atom. The van der Waals surface area contributed by atoms with Gasteiger partial charge in [0.05, 0.1) is 49.3 Å². The number of nitrogens with one attached hydrogen (secondary N) is 8. The minimum absolute atomic E-state index is 0. The molecule has 19 heteroatoms. The Bertz CT molecular complexity index is 989. The van der Waals surface area contributed by atoms with Gasteiger partial charge in [0.25, 0.3) is 0 Å². The first-order valence-electron chi connectivity index (χ1n) is 18.6. The van der Waals surface area contributed by atoms with E-state index in [2.05, 4.69) is 42.5 Å². The second kappa shape index (κ2) is 23.1. The molecule has 51 heavy (non-hydrogen) atoms. The topological polar surface area (TPSA) is 171 Å². The van der Waals surface area contributed by atoms with E-state index in [1.165, 1.54) is 103 Å². The summed E-state index contributed by atoms with van der Waals surface area (Å²) in [5.41, 5.74) is 0. The fourth-order valence-corrected chi connectivity index (χ4v) is 12.0. The maximum atomic E-state index is 8.74. The van der Waals surface area contributed by atoms with Crippen LogP contribution in [0.25, 0.3) is 0 Å². The minimum Gasteiger partial charge on any atom is -1.00 e. The first-order valence-corrected chi connectivity index (χ1v) is 20.0. The molecule has 8 atom stereocenters. The van der Waals surface area contributed by atoms with Crippen molar-refractivity contribution in [3.8, 4) is 0 Å². The summed E-state index contributed by atoms with van der Waals surface area (Å²) in [7, 11) is -4.67. The second-order valence-corrected chi connectivity index (χ2v) is 16.9. The van der Waals surface area contributed by atoms with Gasteiger partial charge in [-0.2, -0.15) is 8.42 Å². The first kappa shape index (κ1) is 51.9. The molecular weight excluding hydrogens is 875 g/mol. The molecule has 0 aromatic carbocycles. The molecule has 0 amide bonds. The maximum absolute atomic E-state index is 8.74. The van der Waals surface area contributed by atoms with Crippen molar-refractivity contribution in [1.82, 2.24) is 42.5 Å². The van der Waals surface area contributed by atoms with Crippen molar-refractivity contribution in [3.63, 3.8) is 0 Å². The smallest absolute Gasteiger partial charge is 1.00 e. The van der Waals surface area contributed by atoms with Crippen LogP contribution in [0.5, 0.6) is 0 Å². The van der Waals surface area contributed by atoms with Gasteiger partial charge in [-0.3, -0.25) is 51.6 Å². The fraction of sp³-hybridized carbons (Fsp3) is 1.00. The Balaban J connectivity index is -0.00000171. The van der Waals surface area contributed by atoms with E-state index in [4.69, 9.17) is 17.5 Å². The summed E-state index contributed by atoms with van der Waals surface area (Å²) in [5, 5.41) is 33.8. The molecule has 9 fully saturated rings. The van der Waals surface area contributed by atoms with Crippen LogP contribution < -0.4 is 161 Å². The Morgan fingerprint density at radius 3 is 0.549 bits per heavy atom. The van der Waals surface area contributed by atoms with Crippen molar-refractivity contribution in [2.45, 2.75) is 152 Å². The Hall–Kier alpha value is 4.80. The average molecular weight is 938 g/mol. The Labute approximate surface area is 428 Å². The molecule has 10 N–H and O–H groups in total. The van der Waals surface area contributed by atoms with Crippen LogP contribution in [0.15, 0.2) is 0 Å². The number of hydrogen-bond acceptors (Lipinski definition) is 10. The SMILES string of the molecule is C1CCC2C3NC(NC4NC(NC5NC(NC6NC(N3)C3CCCCC63)C3CCCCC53)C3CCCCC43)C2C1.I.O=S(=O)(O)O.[Cu].[H-].[H-].[H-].[H-].[Na+].[Na+].[Na+].[Na+]. The maximum Gasteiger partial charge on any atom is 1.00 e. The van der Waals surface area contributed by atoms with Gasteiger partial charge in [-0.1, -0.05) is 51.4 Å². The van der Waals surface area contributed by atoms with E-state index in [-0.39, 0.29) is 165 Å². The van der Waals surface area contributed by atoms with Gasteiger partial charge in [-0.15, -0.1) is 24.0 Å². The zero-order valence-electron chi connectivity index (χ0n) is 35.4. The molecule has 4 aliphatic carbocycles. The van der Waals surface area contributed by atoms with E-state index < -0.39 is 10.4 Å². The van der Waals surface area contributed by atoms with Gasteiger partial charge in [0.2, 0.25) is 0 Å². The molecule has 12 nitrogen and oxygen atoms in total. The quantitative estimate of drug-likeness (QED) is 0.0634. The summed E-state index contributed by atoms with van der Waals surface area (Å²) >= 11 is 0. The van der Waals surface area contributed by atoms with Crippen molar-refractivity contribution < 1.29 is 159 Å². The summed E-state index contributed by atoms with van der Waals surface area (Å²) in [5.74, 6) is 5.97. The normalized spacial score (nSPS) is 46.3. The minimum atomic E-state index is -4.67. The summed E-state index contributed by atoms with van der Waals surface area (Å²) in [4.78, 5) is 0. The molecule has 5 aliphatic heterocycles. The van der Waals surface area contributed by atoms with Crippen LogP contribution in [-0.2, 0) is 27.5 Å². The Morgan fingerprint density at radius 2 is 0.451 bits per heavy atom. The van der Waals surface area contributed by atoms with Gasteiger partial charge in [0, 0.05) is 17.1 Å². The van der Waals surface area contributed by atoms with Crippen molar-refractivity contribution in [2.75, 3.05) is 0 Å². The molecule has 8 bridgehead atoms. The summed E-state index contributed by atoms with van der Waals surface area (Å²) < 4.78 is 31.6. The van der Waals surface area contributed by atoms with Gasteiger partial charge < -0.3 is 5.71 Å². The molecule has 9 aliphatic rings. The molecule has 0 spiro atoms. The number of fused-ring (bicyclic) bond motifs is 20. The first-order chi connectivity index (χ1) is 21.8. The third kappa shape index (κ3) is 12.0. The molecular formula is C32H63CuIN8Na4O4S. The van der Waals surface area contributed by atoms with E-state index >= 15 is 0 Å². The van der Waals surface area contributed by atoms with Gasteiger partial charge in [-0.05, 0) is 98.7 Å². The largest absolute Gasteiger partial charge is 1.00 e. The predicted molar refractivity (Wildman–Crippen MR) is 191 cm³/mol. The summed E-state index contributed by atoms with van der Waals surface area (Å²) in [6.45, 7) is 0. The molecule has 0 aromatic rings. The van der Waals surface area contributed by atoms with Crippen molar-refractivity contribution in [3.05, 3.63) is 0 Å². The van der Waals surface area contributed by atoms with Crippen LogP contribution in [0.3, 0.4) is 0 Å². The molecule has 5 heterocycles. The van der Waals surface area contributed by atoms with E-state index in [0.29, 0.717) is 49.3 Å². The van der Waals surface area contributed by atoms with Crippen LogP contribution in [0, 0.1) is 47.3 Å². The van der Waals surface area contributed by atoms with E-state index in [1.807, 2.05) is 0 Å². The van der Waals surface area contributed by atoms with Gasteiger partial charge in [-0.25, -0.2) is 0 Å². The van der Waals surface area contributed by atoms with Gasteiger partial charge in [0.1, 0.15) is 0 Å². The molecule has 1 radical (unpaired) electrons. The molecule has 9 rings (SSSR count). The van der Waals surface area contributed by atoms with Crippen LogP contribution in [0.4, 0.5) is 0 Å². The van der Waals surface area contributed by atoms with E-state index in [9.17, 15) is 0 Å². The standard InChI is InChI=1S/C32H56N8.Cu.HI.4Na.H2O4S.4H/c1-2-10-18-17(9-1)25-33-26(18)38-28-21-13-5-6-14-22(21)30(35-28)40-32-24-16-8-7-15-23(24)31(36-32)39-29-20-12-4-3-11-19(20)27(34-29)37-25;;;;;;;1-5(2,3)4;;;;/h17-40H,1-16H2;;1H;;;;;(H2,1,2,3,4);;;;/q;;;4*+1;;4*-1. The molecule has 4 saturated carbocycles. The van der Waals surface area contributed by atoms with Crippen molar-refractivity contribution >= 4 is 34.4 Å². The monoisotopic (exact) mass is 937 g/mol. The molecule has 5 saturated heterocycles. The fourth-order valence-electron chi connectivity index (χ4n) is 12.0. The third-order valence-corrected chi connectivity index (χ3v) is 13.8. The zero-order valence-corrected chi connectivity index (χ0v) is 43.5. The number of hydrogen-bond donors (Lipinski definition) is 10. The average Bonchev–Trinajstić information content (AvgIpc) is 3.76. The van der Waals surface area contributed by atoms with Gasteiger partial charge in [0.15, 0.2) is 0 Å². The second-order valence-electron chi connectivity index (χ2n) is 16.1. The van der Waals surface area contributed by atoms with E-state index in [0.717, 1.165) is 47.3 Å². The number of rotatable bonds is 0. The predicted octanol–water partition coefficient (Wildman–Crippen LogP) is -8.97. The molecule has 0 aromatic heterocycles. The van der Waals surface area contributed by atoms with Crippen LogP contribution in [-0.4, -0.2) is 66.8 Å². The third-order valence-electron chi connectivity index (χ3n) is 13.8. The van der Waals surface area contributed by atoms with E-state index in [1.54, 1.807) is 0 Å². The number of halogens is 1. The van der Waals surface area contributed by atoms with Crippen LogP contribution in [0.1, 0.15) is 108 Å². The van der Waals surface area contributed by atoms with Crippen LogP contribution >= 0.6 is 24.0 Å².